The van der Waals surface area contributed by atoms with Crippen LogP contribution in [0.5, 0.6) is 0 Å². The maximum Gasteiger partial charge on any atom is 0.222 e. The van der Waals surface area contributed by atoms with Crippen LogP contribution in [0.4, 0.5) is 8.78 Å². The summed E-state index contributed by atoms with van der Waals surface area (Å²) in [5.74, 6) is -1.55. The van der Waals surface area contributed by atoms with E-state index in [2.05, 4.69) is 0 Å². The first-order chi connectivity index (χ1) is 8.66. The van der Waals surface area contributed by atoms with E-state index in [0.29, 0.717) is 31.5 Å². The third-order valence-electron chi connectivity index (χ3n) is 3.26. The van der Waals surface area contributed by atoms with E-state index in [-0.39, 0.29) is 5.91 Å². The van der Waals surface area contributed by atoms with E-state index in [1.54, 1.807) is 11.0 Å². The Labute approximate surface area is 106 Å². The standard InChI is InChI=1S/C14H17F2NO/c15-12-6-4-5-11(9-13(12)16)10-17-8-3-1-2-7-14(17)18/h5-6,9H,1-4,7-8,10H2. The maximum atomic E-state index is 13.3. The van der Waals surface area contributed by atoms with Crippen molar-refractivity contribution in [2.45, 2.75) is 32.1 Å². The van der Waals surface area contributed by atoms with Crippen molar-refractivity contribution in [3.63, 3.8) is 0 Å². The van der Waals surface area contributed by atoms with Crippen LogP contribution in [0.1, 0.15) is 32.1 Å². The molecule has 1 saturated heterocycles. The fraction of sp³-hybridized carbons (Fsp3) is 0.500. The minimum atomic E-state index is -0.846. The molecule has 1 aliphatic carbocycles. The van der Waals surface area contributed by atoms with Crippen molar-refractivity contribution in [1.29, 1.82) is 0 Å². The van der Waals surface area contributed by atoms with Gasteiger partial charge in [0.25, 0.3) is 0 Å². The Morgan fingerprint density at radius 2 is 1.94 bits per heavy atom. The molecule has 2 nitrogen and oxygen atoms in total. The van der Waals surface area contributed by atoms with Crippen LogP contribution in [0, 0.1) is 0 Å². The molecule has 1 heterocycles. The molecule has 2 rings (SSSR count). The van der Waals surface area contributed by atoms with Crippen molar-refractivity contribution in [2.24, 2.45) is 0 Å². The lowest BCUT2D eigenvalue weighted by Crippen LogP contribution is -2.31. The molecule has 0 bridgehead atoms. The number of halogens is 2. The van der Waals surface area contributed by atoms with Crippen LogP contribution in [0.2, 0.25) is 0 Å². The van der Waals surface area contributed by atoms with Crippen molar-refractivity contribution in [3.8, 4) is 0 Å². The lowest BCUT2D eigenvalue weighted by molar-refractivity contribution is -0.130. The van der Waals surface area contributed by atoms with Gasteiger partial charge in [-0.25, -0.2) is 8.78 Å². The number of carbonyl (C=O) groups is 1. The highest BCUT2D eigenvalue weighted by molar-refractivity contribution is 5.76. The zero-order valence-corrected chi connectivity index (χ0v) is 10.3. The topological polar surface area (TPSA) is 20.3 Å². The van der Waals surface area contributed by atoms with Crippen molar-refractivity contribution in [3.05, 3.63) is 35.5 Å². The smallest absolute Gasteiger partial charge is 0.222 e. The minimum absolute atomic E-state index is 0.111. The SMILES string of the molecule is O=C1CCCCCN1CC1=CCC=C(F)C(F)=C1. The van der Waals surface area contributed by atoms with Crippen molar-refractivity contribution in [1.82, 2.24) is 4.90 Å². The largest absolute Gasteiger partial charge is 0.338 e. The summed E-state index contributed by atoms with van der Waals surface area (Å²) in [5.41, 5.74) is 0.673. The van der Waals surface area contributed by atoms with Crippen molar-refractivity contribution < 1.29 is 13.6 Å². The predicted molar refractivity (Wildman–Crippen MR) is 66.1 cm³/mol. The van der Waals surface area contributed by atoms with E-state index in [4.69, 9.17) is 0 Å². The van der Waals surface area contributed by atoms with E-state index in [9.17, 15) is 13.6 Å². The van der Waals surface area contributed by atoms with Gasteiger partial charge in [0, 0.05) is 19.5 Å². The number of amides is 1. The Balaban J connectivity index is 2.05. The molecule has 4 heteroatoms. The third kappa shape index (κ3) is 3.28. The van der Waals surface area contributed by atoms with Gasteiger partial charge in [-0.2, -0.15) is 0 Å². The number of hydrogen-bond donors (Lipinski definition) is 0. The van der Waals surface area contributed by atoms with Gasteiger partial charge in [-0.1, -0.05) is 12.5 Å². The number of likely N-dealkylation sites (tertiary alicyclic amines) is 1. The van der Waals surface area contributed by atoms with Gasteiger partial charge in [0.05, 0.1) is 0 Å². The quantitative estimate of drug-likeness (QED) is 0.738. The molecular weight excluding hydrogens is 236 g/mol. The average Bonchev–Trinajstić information content (AvgIpc) is 2.62. The molecule has 0 atom stereocenters. The number of carbonyl (C=O) groups excluding carboxylic acids is 1. The van der Waals surface area contributed by atoms with E-state index >= 15 is 0 Å². The summed E-state index contributed by atoms with van der Waals surface area (Å²) in [6.45, 7) is 1.09. The fourth-order valence-electron chi connectivity index (χ4n) is 2.24. The molecule has 0 spiro atoms. The van der Waals surface area contributed by atoms with Gasteiger partial charge in [-0.3, -0.25) is 4.79 Å². The Morgan fingerprint density at radius 1 is 1.11 bits per heavy atom. The van der Waals surface area contributed by atoms with E-state index in [0.717, 1.165) is 19.3 Å². The normalized spacial score (nSPS) is 21.8. The summed E-state index contributed by atoms with van der Waals surface area (Å²) in [5, 5.41) is 0. The van der Waals surface area contributed by atoms with Crippen molar-refractivity contribution >= 4 is 5.91 Å². The zero-order chi connectivity index (χ0) is 13.0. The first-order valence-corrected chi connectivity index (χ1v) is 6.37. The first kappa shape index (κ1) is 13.0. The number of allylic oxidation sites excluding steroid dienone is 4. The molecule has 0 N–H and O–H groups in total. The van der Waals surface area contributed by atoms with Crippen LogP contribution in [0.3, 0.4) is 0 Å². The van der Waals surface area contributed by atoms with Gasteiger partial charge >= 0.3 is 0 Å². The molecule has 1 aliphatic heterocycles. The van der Waals surface area contributed by atoms with E-state index < -0.39 is 11.7 Å². The second-order valence-electron chi connectivity index (χ2n) is 4.69. The Hall–Kier alpha value is -1.45. The molecule has 0 aromatic heterocycles. The molecule has 0 unspecified atom stereocenters. The van der Waals surface area contributed by atoms with Gasteiger partial charge < -0.3 is 4.90 Å². The maximum absolute atomic E-state index is 13.3. The molecule has 18 heavy (non-hydrogen) atoms. The van der Waals surface area contributed by atoms with Crippen LogP contribution < -0.4 is 0 Å². The Bertz CT molecular complexity index is 424. The highest BCUT2D eigenvalue weighted by Crippen LogP contribution is 2.22. The lowest BCUT2D eigenvalue weighted by atomic mass is 10.2. The second-order valence-corrected chi connectivity index (χ2v) is 4.69. The minimum Gasteiger partial charge on any atom is -0.338 e. The van der Waals surface area contributed by atoms with Gasteiger partial charge in [0.2, 0.25) is 5.91 Å². The lowest BCUT2D eigenvalue weighted by Gasteiger charge is -2.21. The summed E-state index contributed by atoms with van der Waals surface area (Å²) >= 11 is 0. The van der Waals surface area contributed by atoms with Gasteiger partial charge in [-0.15, -0.1) is 0 Å². The average molecular weight is 253 g/mol. The summed E-state index contributed by atoms with van der Waals surface area (Å²) in [7, 11) is 0. The molecule has 0 aromatic rings. The molecule has 2 aliphatic rings. The van der Waals surface area contributed by atoms with Gasteiger partial charge in [-0.05, 0) is 37.0 Å². The molecule has 98 valence electrons. The van der Waals surface area contributed by atoms with E-state index in [1.807, 2.05) is 0 Å². The molecule has 1 fully saturated rings. The molecule has 0 saturated carbocycles. The highest BCUT2D eigenvalue weighted by atomic mass is 19.2. The highest BCUT2D eigenvalue weighted by Gasteiger charge is 2.18. The van der Waals surface area contributed by atoms with Crippen LogP contribution in [-0.2, 0) is 4.79 Å². The Kier molecular flexibility index (Phi) is 4.28. The predicted octanol–water partition coefficient (Wildman–Crippen LogP) is 3.43. The zero-order valence-electron chi connectivity index (χ0n) is 10.3. The molecular formula is C14H17F2NO. The summed E-state index contributed by atoms with van der Waals surface area (Å²) < 4.78 is 26.3. The Morgan fingerprint density at radius 3 is 2.78 bits per heavy atom. The third-order valence-corrected chi connectivity index (χ3v) is 3.26. The fourth-order valence-corrected chi connectivity index (χ4v) is 2.24. The van der Waals surface area contributed by atoms with Crippen LogP contribution in [-0.4, -0.2) is 23.9 Å². The van der Waals surface area contributed by atoms with Crippen molar-refractivity contribution in [2.75, 3.05) is 13.1 Å². The number of nitrogens with zero attached hydrogens (tertiary/aromatic N) is 1. The number of hydrogen-bond acceptors (Lipinski definition) is 1. The van der Waals surface area contributed by atoms with Crippen LogP contribution >= 0.6 is 0 Å². The van der Waals surface area contributed by atoms with Crippen LogP contribution in [0.25, 0.3) is 0 Å². The van der Waals surface area contributed by atoms with Crippen LogP contribution in [0.15, 0.2) is 35.5 Å². The summed E-state index contributed by atoms with van der Waals surface area (Å²) in [6, 6.07) is 0. The molecule has 0 radical (unpaired) electrons. The molecule has 0 aromatic carbocycles. The summed E-state index contributed by atoms with van der Waals surface area (Å²) in [6.07, 6.45) is 8.07. The van der Waals surface area contributed by atoms with E-state index in [1.165, 1.54) is 12.2 Å². The van der Waals surface area contributed by atoms with Gasteiger partial charge in [0.15, 0.2) is 11.7 Å². The first-order valence-electron chi connectivity index (χ1n) is 6.37. The summed E-state index contributed by atoms with van der Waals surface area (Å²) in [4.78, 5) is 13.6. The number of rotatable bonds is 2. The van der Waals surface area contributed by atoms with Gasteiger partial charge in [0.1, 0.15) is 0 Å². The second kappa shape index (κ2) is 5.94. The monoisotopic (exact) mass is 253 g/mol. The molecule has 1 amide bonds.